The van der Waals surface area contributed by atoms with Crippen LogP contribution in [0.3, 0.4) is 0 Å². The van der Waals surface area contributed by atoms with Crippen LogP contribution in [0.15, 0.2) is 139 Å². The van der Waals surface area contributed by atoms with E-state index in [2.05, 4.69) is 109 Å². The summed E-state index contributed by atoms with van der Waals surface area (Å²) < 4.78 is 44.1. The molecule has 4 saturated carbocycles. The molecule has 3 nitrogen and oxygen atoms in total. The molecule has 1 aromatic heterocycles. The molecule has 0 spiro atoms. The van der Waals surface area contributed by atoms with Crippen molar-refractivity contribution in [3.8, 4) is 34.2 Å². The fourth-order valence-corrected chi connectivity index (χ4v) is 27.6. The molecule has 5 heteroatoms. The molecule has 0 N–H and O–H groups in total. The molecule has 0 radical (unpaired) electrons. The average Bonchev–Trinajstić information content (AvgIpc) is 3.40. The first-order valence-electron chi connectivity index (χ1n) is 27.0. The molecule has 10 rings (SSSR count). The van der Waals surface area contributed by atoms with Gasteiger partial charge in [-0.05, 0) is 22.2 Å². The van der Waals surface area contributed by atoms with Gasteiger partial charge in [0.25, 0.3) is 0 Å². The summed E-state index contributed by atoms with van der Waals surface area (Å²) in [6.07, 6.45) is 25.6. The predicted octanol–water partition coefficient (Wildman–Crippen LogP) is 13.3. The Morgan fingerprint density at radius 3 is 1.02 bits per heavy atom. The van der Waals surface area contributed by atoms with Gasteiger partial charge >= 0.3 is 0 Å². The summed E-state index contributed by atoms with van der Waals surface area (Å²) in [4.78, 5) is 15.7. The first kappa shape index (κ1) is 35.9. The van der Waals surface area contributed by atoms with Crippen LogP contribution in [0.25, 0.3) is 34.2 Å². The molecule has 0 aliphatic heterocycles. The predicted molar refractivity (Wildman–Crippen MR) is 266 cm³/mol. The number of rotatable bonds is 11. The molecule has 1 heterocycles. The minimum absolute atomic E-state index is 0.0121. The van der Waals surface area contributed by atoms with E-state index in [9.17, 15) is 0 Å². The topological polar surface area (TPSA) is 38.7 Å². The maximum Gasteiger partial charge on any atom is 0.164 e. The number of aromatic nitrogens is 3. The van der Waals surface area contributed by atoms with Crippen molar-refractivity contribution in [3.63, 3.8) is 0 Å². The Hall–Kier alpha value is -4.46. The summed E-state index contributed by atoms with van der Waals surface area (Å²) in [7, 11) is -4.79. The number of benzene rings is 5. The van der Waals surface area contributed by atoms with E-state index >= 15 is 0 Å². The Balaban J connectivity index is 1.19. The SMILES string of the molecule is [2H]c1c([2H])c([2H])c(-c2nc(-c3cccc([Si](c4ccccc4)(C4CCCCC4)C4CCCCC4)c3)nc(-c3cccc([Si](c4ccccc4)(C4CCCCC4)C4CCCCC4)c3)n2)c([2H])c1[2H]. The van der Waals surface area contributed by atoms with E-state index in [0.29, 0.717) is 33.8 Å². The molecular weight excluding hydrogens is 783 g/mol. The van der Waals surface area contributed by atoms with E-state index in [-0.39, 0.29) is 35.6 Å². The third-order valence-electron chi connectivity index (χ3n) is 16.1. The third kappa shape index (κ3) is 8.02. The van der Waals surface area contributed by atoms with Gasteiger partial charge in [0, 0.05) is 16.7 Å². The van der Waals surface area contributed by atoms with Gasteiger partial charge in [-0.2, -0.15) is 0 Å². The maximum atomic E-state index is 9.14. The van der Waals surface area contributed by atoms with Gasteiger partial charge in [0.2, 0.25) is 0 Å². The van der Waals surface area contributed by atoms with Crippen molar-refractivity contribution in [3.05, 3.63) is 139 Å². The summed E-state index contributed by atoms with van der Waals surface area (Å²) in [6.45, 7) is 0. The maximum absolute atomic E-state index is 9.14. The standard InChI is InChI=1S/C57H67N3Si2/c1-8-24-44(25-9-1)55-58-56(45-26-22-40-53(42-45)61(47-28-10-2-11-29-47,48-30-12-3-13-31-48)49-32-14-4-15-33-49)60-57(59-55)46-27-23-41-54(43-46)62(50-34-16-5-17-35-50,51-36-18-6-19-37-51)52-38-20-7-21-39-52/h1-2,5,8-11,16-17,22-29,34-35,40-43,48-49,51-52H,3-4,6-7,12-15,18-21,30-33,36-39H2/i1D,8D,9D,24D,25D. The van der Waals surface area contributed by atoms with Crippen molar-refractivity contribution in [2.45, 2.75) is 151 Å². The molecule has 318 valence electrons. The Labute approximate surface area is 381 Å². The van der Waals surface area contributed by atoms with Crippen LogP contribution < -0.4 is 20.7 Å². The quantitative estimate of drug-likeness (QED) is 0.122. The highest BCUT2D eigenvalue weighted by Gasteiger charge is 2.52. The minimum Gasteiger partial charge on any atom is -0.208 e. The Morgan fingerprint density at radius 2 is 0.661 bits per heavy atom. The Bertz CT molecular complexity index is 2450. The lowest BCUT2D eigenvalue weighted by atomic mass is 9.99. The monoisotopic (exact) mass is 855 g/mol. The van der Waals surface area contributed by atoms with Crippen molar-refractivity contribution >= 4 is 36.9 Å². The molecular formula is C57H67N3Si2. The van der Waals surface area contributed by atoms with E-state index in [1.54, 1.807) is 10.4 Å². The van der Waals surface area contributed by atoms with Gasteiger partial charge in [-0.25, -0.2) is 15.0 Å². The van der Waals surface area contributed by atoms with Crippen LogP contribution in [0.4, 0.5) is 0 Å². The van der Waals surface area contributed by atoms with Gasteiger partial charge in [-0.3, -0.25) is 0 Å². The second kappa shape index (κ2) is 19.1. The van der Waals surface area contributed by atoms with Gasteiger partial charge in [-0.1, -0.05) is 289 Å². The molecule has 4 fully saturated rings. The van der Waals surface area contributed by atoms with Crippen molar-refractivity contribution < 1.29 is 6.85 Å². The smallest absolute Gasteiger partial charge is 0.164 e. The van der Waals surface area contributed by atoms with Gasteiger partial charge in [0.15, 0.2) is 17.5 Å². The van der Waals surface area contributed by atoms with E-state index in [4.69, 9.17) is 21.8 Å². The highest BCUT2D eigenvalue weighted by molar-refractivity contribution is 7.05. The lowest BCUT2D eigenvalue weighted by Crippen LogP contribution is -2.65. The highest BCUT2D eigenvalue weighted by atomic mass is 28.3. The minimum atomic E-state index is -2.40. The van der Waals surface area contributed by atoms with Crippen LogP contribution in [0.5, 0.6) is 0 Å². The fraction of sp³-hybridized carbons (Fsp3) is 0.421. The second-order valence-electron chi connectivity index (χ2n) is 19.3. The summed E-state index contributed by atoms with van der Waals surface area (Å²) in [5.74, 6) is 1.08. The largest absolute Gasteiger partial charge is 0.208 e. The molecule has 0 saturated heterocycles. The summed E-state index contributed by atoms with van der Waals surface area (Å²) >= 11 is 0. The van der Waals surface area contributed by atoms with Gasteiger partial charge in [-0.15, -0.1) is 0 Å². The van der Waals surface area contributed by atoms with Crippen molar-refractivity contribution in [2.75, 3.05) is 0 Å². The molecule has 4 aliphatic carbocycles. The zero-order valence-electron chi connectivity index (χ0n) is 41.7. The van der Waals surface area contributed by atoms with Crippen molar-refractivity contribution in [1.82, 2.24) is 15.0 Å². The van der Waals surface area contributed by atoms with Gasteiger partial charge in [0.05, 0.1) is 6.85 Å². The normalized spacial score (nSPS) is 20.2. The average molecular weight is 855 g/mol. The zero-order valence-corrected chi connectivity index (χ0v) is 38.7. The number of hydrogen-bond acceptors (Lipinski definition) is 3. The van der Waals surface area contributed by atoms with Crippen LogP contribution in [-0.4, -0.2) is 31.1 Å². The Kier molecular flexibility index (Phi) is 11.1. The number of nitrogens with zero attached hydrogens (tertiary/aromatic N) is 3. The van der Waals surface area contributed by atoms with E-state index < -0.39 is 22.2 Å². The molecule has 6 aromatic rings. The Morgan fingerprint density at radius 1 is 0.339 bits per heavy atom. The molecule has 0 bridgehead atoms. The van der Waals surface area contributed by atoms with Crippen LogP contribution in [0.2, 0.25) is 22.2 Å². The summed E-state index contributed by atoms with van der Waals surface area (Å²) in [5, 5.41) is 5.98. The van der Waals surface area contributed by atoms with E-state index in [0.717, 1.165) is 11.1 Å². The highest BCUT2D eigenvalue weighted by Crippen LogP contribution is 2.50. The summed E-state index contributed by atoms with van der Waals surface area (Å²) in [6, 6.07) is 39.6. The van der Waals surface area contributed by atoms with Crippen LogP contribution in [0, 0.1) is 0 Å². The van der Waals surface area contributed by atoms with E-state index in [1.165, 1.54) is 139 Å². The van der Waals surface area contributed by atoms with Gasteiger partial charge in [0.1, 0.15) is 16.1 Å². The zero-order chi connectivity index (χ0) is 46.0. The van der Waals surface area contributed by atoms with Crippen molar-refractivity contribution in [2.24, 2.45) is 0 Å². The fourth-order valence-electron chi connectivity index (χ4n) is 13.5. The lowest BCUT2D eigenvalue weighted by molar-refractivity contribution is 0.459. The lowest BCUT2D eigenvalue weighted by Gasteiger charge is -2.48. The molecule has 4 aliphatic rings. The van der Waals surface area contributed by atoms with Crippen LogP contribution in [0.1, 0.15) is 135 Å². The van der Waals surface area contributed by atoms with Gasteiger partial charge < -0.3 is 0 Å². The molecule has 5 aromatic carbocycles. The van der Waals surface area contributed by atoms with Crippen LogP contribution in [-0.2, 0) is 0 Å². The molecule has 0 atom stereocenters. The summed E-state index contributed by atoms with van der Waals surface area (Å²) in [5.41, 5.74) is 4.36. The first-order chi connectivity index (χ1) is 32.8. The van der Waals surface area contributed by atoms with Crippen LogP contribution >= 0.6 is 0 Å². The van der Waals surface area contributed by atoms with Crippen molar-refractivity contribution in [1.29, 1.82) is 0 Å². The molecule has 0 unspecified atom stereocenters. The second-order valence-corrected chi connectivity index (χ2v) is 28.3. The number of hydrogen-bond donors (Lipinski definition) is 0. The first-order valence-corrected chi connectivity index (χ1v) is 28.8. The van der Waals surface area contributed by atoms with E-state index in [1.807, 2.05) is 0 Å². The third-order valence-corrected chi connectivity index (χ3v) is 28.6. The molecule has 0 amide bonds. The molecule has 62 heavy (non-hydrogen) atoms.